The van der Waals surface area contributed by atoms with Crippen molar-refractivity contribution in [2.24, 2.45) is 0 Å². The zero-order valence-electron chi connectivity index (χ0n) is 10.0. The SMILES string of the molecule is CCCCN1C(=O)CN(C(C)(C)C)C1=O. The molecule has 0 aromatic heterocycles. The minimum atomic E-state index is -0.270. The van der Waals surface area contributed by atoms with Crippen molar-refractivity contribution in [3.63, 3.8) is 0 Å². The highest BCUT2D eigenvalue weighted by Gasteiger charge is 2.40. The number of amides is 3. The molecule has 0 unspecified atom stereocenters. The Balaban J connectivity index is 2.71. The fourth-order valence-electron chi connectivity index (χ4n) is 1.60. The van der Waals surface area contributed by atoms with E-state index in [2.05, 4.69) is 0 Å². The van der Waals surface area contributed by atoms with E-state index in [9.17, 15) is 9.59 Å². The molecule has 1 fully saturated rings. The Bertz CT molecular complexity index is 268. The van der Waals surface area contributed by atoms with Crippen molar-refractivity contribution in [2.75, 3.05) is 13.1 Å². The second-order valence-electron chi connectivity index (χ2n) is 4.94. The van der Waals surface area contributed by atoms with Gasteiger partial charge in [0.1, 0.15) is 6.54 Å². The highest BCUT2D eigenvalue weighted by atomic mass is 16.2. The maximum Gasteiger partial charge on any atom is 0.327 e. The van der Waals surface area contributed by atoms with Crippen LogP contribution >= 0.6 is 0 Å². The molecule has 0 radical (unpaired) electrons. The Kier molecular flexibility index (Phi) is 3.37. The molecule has 0 bridgehead atoms. The van der Waals surface area contributed by atoms with E-state index in [0.29, 0.717) is 6.54 Å². The van der Waals surface area contributed by atoms with E-state index in [1.54, 1.807) is 4.90 Å². The number of nitrogens with zero attached hydrogens (tertiary/aromatic N) is 2. The summed E-state index contributed by atoms with van der Waals surface area (Å²) in [6, 6.07) is -0.138. The first-order chi connectivity index (χ1) is 6.88. The van der Waals surface area contributed by atoms with Gasteiger partial charge in [0, 0.05) is 12.1 Å². The van der Waals surface area contributed by atoms with Crippen LogP contribution in [0.25, 0.3) is 0 Å². The Hall–Kier alpha value is -1.06. The van der Waals surface area contributed by atoms with E-state index in [-0.39, 0.29) is 24.0 Å². The monoisotopic (exact) mass is 212 g/mol. The summed E-state index contributed by atoms with van der Waals surface area (Å²) in [5.74, 6) is -0.0663. The minimum Gasteiger partial charge on any atom is -0.310 e. The molecule has 0 aromatic carbocycles. The van der Waals surface area contributed by atoms with Crippen LogP contribution in [0.15, 0.2) is 0 Å². The number of unbranched alkanes of at least 4 members (excludes halogenated alkanes) is 1. The van der Waals surface area contributed by atoms with E-state index in [0.717, 1.165) is 12.8 Å². The topological polar surface area (TPSA) is 40.6 Å². The average molecular weight is 212 g/mol. The van der Waals surface area contributed by atoms with Gasteiger partial charge in [0.25, 0.3) is 0 Å². The number of hydrogen-bond acceptors (Lipinski definition) is 2. The van der Waals surface area contributed by atoms with E-state index in [4.69, 9.17) is 0 Å². The zero-order valence-corrected chi connectivity index (χ0v) is 10.0. The fourth-order valence-corrected chi connectivity index (χ4v) is 1.60. The largest absolute Gasteiger partial charge is 0.327 e. The second kappa shape index (κ2) is 4.21. The summed E-state index contributed by atoms with van der Waals surface area (Å²) >= 11 is 0. The van der Waals surface area contributed by atoms with Crippen LogP contribution in [0, 0.1) is 0 Å². The number of carbonyl (C=O) groups is 2. The molecule has 15 heavy (non-hydrogen) atoms. The molecule has 0 aromatic rings. The molecule has 1 saturated heterocycles. The molecule has 0 atom stereocenters. The molecule has 0 saturated carbocycles. The van der Waals surface area contributed by atoms with Gasteiger partial charge in [-0.1, -0.05) is 13.3 Å². The molecular weight excluding hydrogens is 192 g/mol. The van der Waals surface area contributed by atoms with Gasteiger partial charge in [0.05, 0.1) is 0 Å². The van der Waals surface area contributed by atoms with Crippen LogP contribution in [0.3, 0.4) is 0 Å². The summed E-state index contributed by atoms with van der Waals surface area (Å²) in [6.45, 7) is 8.67. The molecular formula is C11H20N2O2. The van der Waals surface area contributed by atoms with Crippen molar-refractivity contribution in [3.05, 3.63) is 0 Å². The average Bonchev–Trinajstić information content (AvgIpc) is 2.39. The first-order valence-electron chi connectivity index (χ1n) is 5.50. The van der Waals surface area contributed by atoms with Crippen LogP contribution in [-0.4, -0.2) is 40.4 Å². The van der Waals surface area contributed by atoms with Crippen molar-refractivity contribution < 1.29 is 9.59 Å². The molecule has 1 heterocycles. The number of carbonyl (C=O) groups excluding carboxylic acids is 2. The number of urea groups is 1. The summed E-state index contributed by atoms with van der Waals surface area (Å²) in [6.07, 6.45) is 1.88. The van der Waals surface area contributed by atoms with Gasteiger partial charge >= 0.3 is 6.03 Å². The number of rotatable bonds is 3. The lowest BCUT2D eigenvalue weighted by atomic mass is 10.1. The molecule has 0 spiro atoms. The summed E-state index contributed by atoms with van der Waals surface area (Å²) in [5.41, 5.74) is -0.270. The molecule has 0 aliphatic carbocycles. The van der Waals surface area contributed by atoms with Crippen LogP contribution in [0.1, 0.15) is 40.5 Å². The molecule has 1 rings (SSSR count). The van der Waals surface area contributed by atoms with E-state index in [1.165, 1.54) is 4.90 Å². The van der Waals surface area contributed by atoms with Crippen LogP contribution in [0.2, 0.25) is 0 Å². The molecule has 0 N–H and O–H groups in total. The summed E-state index contributed by atoms with van der Waals surface area (Å²) in [5, 5.41) is 0. The second-order valence-corrected chi connectivity index (χ2v) is 4.94. The van der Waals surface area contributed by atoms with Crippen molar-refractivity contribution in [1.29, 1.82) is 0 Å². The fraction of sp³-hybridized carbons (Fsp3) is 0.818. The predicted octanol–water partition coefficient (Wildman–Crippen LogP) is 1.85. The maximum atomic E-state index is 11.9. The van der Waals surface area contributed by atoms with E-state index in [1.807, 2.05) is 27.7 Å². The molecule has 4 nitrogen and oxygen atoms in total. The molecule has 4 heteroatoms. The van der Waals surface area contributed by atoms with Gasteiger partial charge in [0.2, 0.25) is 5.91 Å². The van der Waals surface area contributed by atoms with E-state index < -0.39 is 0 Å². The van der Waals surface area contributed by atoms with Crippen molar-refractivity contribution in [2.45, 2.75) is 46.1 Å². The Labute approximate surface area is 91.2 Å². The predicted molar refractivity (Wildman–Crippen MR) is 58.5 cm³/mol. The first-order valence-corrected chi connectivity index (χ1v) is 5.50. The Morgan fingerprint density at radius 2 is 1.87 bits per heavy atom. The van der Waals surface area contributed by atoms with Crippen molar-refractivity contribution in [1.82, 2.24) is 9.80 Å². The minimum absolute atomic E-state index is 0.0663. The zero-order chi connectivity index (χ0) is 11.6. The lowest BCUT2D eigenvalue weighted by Gasteiger charge is -2.30. The summed E-state index contributed by atoms with van der Waals surface area (Å²) in [4.78, 5) is 26.5. The van der Waals surface area contributed by atoms with Gasteiger partial charge in [-0.3, -0.25) is 9.69 Å². The van der Waals surface area contributed by atoms with E-state index >= 15 is 0 Å². The molecule has 1 aliphatic heterocycles. The normalized spacial score (nSPS) is 17.9. The molecule has 1 aliphatic rings. The van der Waals surface area contributed by atoms with Gasteiger partial charge in [0.15, 0.2) is 0 Å². The lowest BCUT2D eigenvalue weighted by Crippen LogP contribution is -2.44. The van der Waals surface area contributed by atoms with Crippen LogP contribution in [-0.2, 0) is 4.79 Å². The molecule has 3 amide bonds. The van der Waals surface area contributed by atoms with Crippen LogP contribution in [0.5, 0.6) is 0 Å². The van der Waals surface area contributed by atoms with Gasteiger partial charge in [-0.05, 0) is 27.2 Å². The standard InChI is InChI=1S/C11H20N2O2/c1-5-6-7-12-9(14)8-13(10(12)15)11(2,3)4/h5-8H2,1-4H3. The highest BCUT2D eigenvalue weighted by molar-refractivity contribution is 6.02. The van der Waals surface area contributed by atoms with Crippen molar-refractivity contribution in [3.8, 4) is 0 Å². The molecule has 86 valence electrons. The van der Waals surface area contributed by atoms with Crippen molar-refractivity contribution >= 4 is 11.9 Å². The lowest BCUT2D eigenvalue weighted by molar-refractivity contribution is -0.125. The van der Waals surface area contributed by atoms with Gasteiger partial charge in [-0.25, -0.2) is 4.79 Å². The maximum absolute atomic E-state index is 11.9. The highest BCUT2D eigenvalue weighted by Crippen LogP contribution is 2.21. The Morgan fingerprint density at radius 1 is 1.27 bits per heavy atom. The smallest absolute Gasteiger partial charge is 0.310 e. The first kappa shape index (κ1) is 12.0. The third-order valence-corrected chi connectivity index (χ3v) is 2.60. The Morgan fingerprint density at radius 3 is 2.27 bits per heavy atom. The third-order valence-electron chi connectivity index (χ3n) is 2.60. The van der Waals surface area contributed by atoms with Crippen LogP contribution in [0.4, 0.5) is 4.79 Å². The summed E-state index contributed by atoms with van der Waals surface area (Å²) < 4.78 is 0. The third kappa shape index (κ3) is 2.49. The number of imide groups is 1. The number of hydrogen-bond donors (Lipinski definition) is 0. The van der Waals surface area contributed by atoms with Gasteiger partial charge in [-0.2, -0.15) is 0 Å². The quantitative estimate of drug-likeness (QED) is 0.670. The summed E-state index contributed by atoms with van der Waals surface area (Å²) in [7, 11) is 0. The van der Waals surface area contributed by atoms with Gasteiger partial charge < -0.3 is 4.90 Å². The van der Waals surface area contributed by atoms with Crippen LogP contribution < -0.4 is 0 Å². The van der Waals surface area contributed by atoms with Gasteiger partial charge in [-0.15, -0.1) is 0 Å².